The van der Waals surface area contributed by atoms with Crippen molar-refractivity contribution >= 4 is 25.7 Å². The van der Waals surface area contributed by atoms with Gasteiger partial charge in [0, 0.05) is 12.8 Å². The van der Waals surface area contributed by atoms with E-state index in [9.17, 15) is 23.8 Å². The highest BCUT2D eigenvalue weighted by molar-refractivity contribution is 7.47. The van der Waals surface area contributed by atoms with Gasteiger partial charge in [-0.25, -0.2) is 4.57 Å². The second kappa shape index (κ2) is 42.2. The normalized spacial score (nSPS) is 13.6. The molecule has 12 heteroatoms. The van der Waals surface area contributed by atoms with Crippen molar-refractivity contribution in [2.24, 2.45) is 5.73 Å². The van der Waals surface area contributed by atoms with Gasteiger partial charge < -0.3 is 25.2 Å². The zero-order chi connectivity index (χ0) is 42.8. The smallest absolute Gasteiger partial charge is 0.472 e. The molecule has 11 nitrogen and oxygen atoms in total. The summed E-state index contributed by atoms with van der Waals surface area (Å²) < 4.78 is 32.7. The summed E-state index contributed by atoms with van der Waals surface area (Å²) >= 11 is 0. The first-order chi connectivity index (χ1) is 28.1. The van der Waals surface area contributed by atoms with Gasteiger partial charge in [-0.1, -0.05) is 219 Å². The van der Waals surface area contributed by atoms with E-state index in [0.717, 1.165) is 38.5 Å². The first-order valence-corrected chi connectivity index (χ1v) is 25.6. The summed E-state index contributed by atoms with van der Waals surface area (Å²) in [5.41, 5.74) is 5.34. The molecule has 0 saturated carbocycles. The van der Waals surface area contributed by atoms with E-state index >= 15 is 0 Å². The molecular formula is C46H90NO10P. The quantitative estimate of drug-likeness (QED) is 0.0302. The largest absolute Gasteiger partial charge is 0.480 e. The van der Waals surface area contributed by atoms with E-state index in [4.69, 9.17) is 24.8 Å². The highest BCUT2D eigenvalue weighted by atomic mass is 31.2. The lowest BCUT2D eigenvalue weighted by Crippen LogP contribution is -2.34. The molecule has 3 atom stereocenters. The molecule has 0 spiro atoms. The number of carbonyl (C=O) groups excluding carboxylic acids is 2. The molecular weight excluding hydrogens is 757 g/mol. The van der Waals surface area contributed by atoms with E-state index in [-0.39, 0.29) is 19.4 Å². The second-order valence-electron chi connectivity index (χ2n) is 16.6. The fraction of sp³-hybridized carbons (Fsp3) is 0.935. The molecule has 0 aliphatic rings. The Morgan fingerprint density at radius 1 is 0.466 bits per heavy atom. The summed E-state index contributed by atoms with van der Waals surface area (Å²) in [6.45, 7) is 2.83. The Labute approximate surface area is 355 Å². The molecule has 344 valence electrons. The molecule has 0 radical (unpaired) electrons. The molecule has 0 aromatic heterocycles. The lowest BCUT2D eigenvalue weighted by molar-refractivity contribution is -0.161. The van der Waals surface area contributed by atoms with Gasteiger partial charge >= 0.3 is 25.7 Å². The van der Waals surface area contributed by atoms with Gasteiger partial charge in [0.1, 0.15) is 12.6 Å². The van der Waals surface area contributed by atoms with Crippen molar-refractivity contribution < 1.29 is 47.5 Å². The van der Waals surface area contributed by atoms with Crippen molar-refractivity contribution in [3.8, 4) is 0 Å². The van der Waals surface area contributed by atoms with Gasteiger partial charge in [0.05, 0.1) is 13.2 Å². The summed E-state index contributed by atoms with van der Waals surface area (Å²) in [5, 5.41) is 8.89. The van der Waals surface area contributed by atoms with Crippen molar-refractivity contribution in [1.82, 2.24) is 0 Å². The van der Waals surface area contributed by atoms with Crippen LogP contribution in [0.3, 0.4) is 0 Å². The van der Waals surface area contributed by atoms with Crippen molar-refractivity contribution in [2.45, 2.75) is 257 Å². The van der Waals surface area contributed by atoms with E-state index in [2.05, 4.69) is 18.4 Å². The zero-order valence-electron chi connectivity index (χ0n) is 37.4. The van der Waals surface area contributed by atoms with Crippen LogP contribution in [0, 0.1) is 0 Å². The standard InChI is InChI=1S/C46H90NO10P/c1-3-5-7-9-11-13-15-16-17-18-19-20-21-22-23-24-25-26-27-28-30-32-34-36-38-45(49)57-42(40-55-58(52,53)56-41-43(47)46(50)51)39-54-44(48)37-35-33-31-29-14-12-10-8-6-4-2/h42-43H,3-41,47H2,1-2H3,(H,50,51)(H,52,53). The Morgan fingerprint density at radius 3 is 1.09 bits per heavy atom. The van der Waals surface area contributed by atoms with Crippen LogP contribution in [0.4, 0.5) is 0 Å². The molecule has 4 N–H and O–H groups in total. The molecule has 0 bridgehead atoms. The first kappa shape index (κ1) is 56.5. The summed E-state index contributed by atoms with van der Waals surface area (Å²) in [4.78, 5) is 45.9. The van der Waals surface area contributed by atoms with Crippen LogP contribution in [0.2, 0.25) is 0 Å². The zero-order valence-corrected chi connectivity index (χ0v) is 38.3. The van der Waals surface area contributed by atoms with E-state index in [0.29, 0.717) is 12.8 Å². The van der Waals surface area contributed by atoms with Crippen LogP contribution < -0.4 is 5.73 Å². The van der Waals surface area contributed by atoms with Gasteiger partial charge in [-0.3, -0.25) is 23.4 Å². The number of rotatable bonds is 46. The summed E-state index contributed by atoms with van der Waals surface area (Å²) in [7, 11) is -4.71. The lowest BCUT2D eigenvalue weighted by Gasteiger charge is -2.20. The Hall–Kier alpha value is -1.52. The fourth-order valence-corrected chi connectivity index (χ4v) is 7.85. The Morgan fingerprint density at radius 2 is 0.759 bits per heavy atom. The average molecular weight is 848 g/mol. The van der Waals surface area contributed by atoms with E-state index in [1.807, 2.05) is 0 Å². The predicted molar refractivity (Wildman–Crippen MR) is 236 cm³/mol. The number of phosphoric ester groups is 1. The number of phosphoric acid groups is 1. The van der Waals surface area contributed by atoms with Crippen LogP contribution in [0.5, 0.6) is 0 Å². The van der Waals surface area contributed by atoms with Crippen LogP contribution in [0.15, 0.2) is 0 Å². The van der Waals surface area contributed by atoms with Crippen LogP contribution in [-0.4, -0.2) is 59.9 Å². The van der Waals surface area contributed by atoms with Crippen LogP contribution in [0.1, 0.15) is 245 Å². The van der Waals surface area contributed by atoms with Gasteiger partial charge in [0.2, 0.25) is 0 Å². The second-order valence-corrected chi connectivity index (χ2v) is 18.1. The van der Waals surface area contributed by atoms with E-state index < -0.39 is 51.1 Å². The minimum Gasteiger partial charge on any atom is -0.480 e. The third kappa shape index (κ3) is 41.2. The SMILES string of the molecule is CCCCCCCCCCCCCCCCCCCCCCCCCCC(=O)OC(COC(=O)CCCCCCCCCCCC)COP(=O)(O)OCC(N)C(=O)O. The van der Waals surface area contributed by atoms with Crippen LogP contribution in [0.25, 0.3) is 0 Å². The number of aliphatic carboxylic acids is 1. The number of nitrogens with two attached hydrogens (primary N) is 1. The van der Waals surface area contributed by atoms with Crippen molar-refractivity contribution in [3.63, 3.8) is 0 Å². The molecule has 0 saturated heterocycles. The molecule has 0 aliphatic carbocycles. The number of hydrogen-bond donors (Lipinski definition) is 3. The van der Waals surface area contributed by atoms with Crippen molar-refractivity contribution in [1.29, 1.82) is 0 Å². The molecule has 0 aromatic carbocycles. The van der Waals surface area contributed by atoms with Gasteiger partial charge in [-0.15, -0.1) is 0 Å². The minimum absolute atomic E-state index is 0.170. The number of carboxylic acids is 1. The number of hydrogen-bond acceptors (Lipinski definition) is 9. The third-order valence-corrected chi connectivity index (χ3v) is 11.8. The van der Waals surface area contributed by atoms with Gasteiger partial charge in [-0.05, 0) is 12.8 Å². The first-order valence-electron chi connectivity index (χ1n) is 24.1. The van der Waals surface area contributed by atoms with Crippen LogP contribution >= 0.6 is 7.82 Å². The molecule has 0 heterocycles. The molecule has 0 rings (SSSR count). The van der Waals surface area contributed by atoms with Crippen molar-refractivity contribution in [3.05, 3.63) is 0 Å². The lowest BCUT2D eigenvalue weighted by atomic mass is 10.0. The average Bonchev–Trinajstić information content (AvgIpc) is 3.20. The van der Waals surface area contributed by atoms with Gasteiger partial charge in [0.25, 0.3) is 0 Å². The highest BCUT2D eigenvalue weighted by Gasteiger charge is 2.28. The molecule has 0 aromatic rings. The molecule has 58 heavy (non-hydrogen) atoms. The number of unbranched alkanes of at least 4 members (excludes halogenated alkanes) is 32. The molecule has 0 aliphatic heterocycles. The van der Waals surface area contributed by atoms with E-state index in [1.165, 1.54) is 167 Å². The minimum atomic E-state index is -4.71. The number of ether oxygens (including phenoxy) is 2. The number of esters is 2. The summed E-state index contributed by atoms with van der Waals surface area (Å²) in [6.07, 6.45) is 41.9. The number of carboxylic acid groups (broad SMARTS) is 1. The Kier molecular flexibility index (Phi) is 41.1. The fourth-order valence-electron chi connectivity index (χ4n) is 7.07. The maximum absolute atomic E-state index is 12.6. The van der Waals surface area contributed by atoms with Crippen LogP contribution in [-0.2, 0) is 37.5 Å². The van der Waals surface area contributed by atoms with Gasteiger partial charge in [0.15, 0.2) is 6.10 Å². The Bertz CT molecular complexity index is 1000. The summed E-state index contributed by atoms with van der Waals surface area (Å²) in [6, 6.07) is -1.52. The molecule has 0 amide bonds. The van der Waals surface area contributed by atoms with Crippen molar-refractivity contribution in [2.75, 3.05) is 19.8 Å². The van der Waals surface area contributed by atoms with Gasteiger partial charge in [-0.2, -0.15) is 0 Å². The topological polar surface area (TPSA) is 172 Å². The van der Waals surface area contributed by atoms with E-state index in [1.54, 1.807) is 0 Å². The maximum Gasteiger partial charge on any atom is 0.472 e. The monoisotopic (exact) mass is 848 g/mol. The Balaban J connectivity index is 4.11. The molecule has 3 unspecified atom stereocenters. The summed E-state index contributed by atoms with van der Waals surface area (Å²) in [5.74, 6) is -2.36. The maximum atomic E-state index is 12.6. The number of carbonyl (C=O) groups is 3. The predicted octanol–water partition coefficient (Wildman–Crippen LogP) is 13.1. The highest BCUT2D eigenvalue weighted by Crippen LogP contribution is 2.43. The molecule has 0 fully saturated rings. The third-order valence-electron chi connectivity index (χ3n) is 10.9.